The molecule has 0 atom stereocenters. The van der Waals surface area contributed by atoms with E-state index in [0.29, 0.717) is 29.4 Å². The Morgan fingerprint density at radius 3 is 2.39 bits per heavy atom. The van der Waals surface area contributed by atoms with Gasteiger partial charge in [0.1, 0.15) is 11.5 Å². The van der Waals surface area contributed by atoms with Gasteiger partial charge in [0.05, 0.1) is 28.7 Å². The summed E-state index contributed by atoms with van der Waals surface area (Å²) in [6.07, 6.45) is 1.26. The van der Waals surface area contributed by atoms with Crippen molar-refractivity contribution in [3.05, 3.63) is 42.2 Å². The van der Waals surface area contributed by atoms with Gasteiger partial charge in [0.2, 0.25) is 23.6 Å². The highest BCUT2D eigenvalue weighted by molar-refractivity contribution is 6.88. The zero-order valence-corrected chi connectivity index (χ0v) is 23.6. The molecule has 2 aromatic heterocycles. The van der Waals surface area contributed by atoms with E-state index in [1.54, 1.807) is 12.1 Å². The number of likely N-dealkylation sites (tertiary alicyclic amines) is 1. The summed E-state index contributed by atoms with van der Waals surface area (Å²) in [5.41, 5.74) is 0.287. The maximum Gasteiger partial charge on any atom is 0.290 e. The highest BCUT2D eigenvalue weighted by atomic mass is 28.3. The average molecular weight is 538 g/mol. The van der Waals surface area contributed by atoms with Crippen LogP contribution in [-0.4, -0.2) is 75.3 Å². The van der Waals surface area contributed by atoms with Crippen LogP contribution in [0, 0.1) is 0 Å². The number of amides is 1. The second kappa shape index (κ2) is 10.7. The molecule has 0 spiro atoms. The monoisotopic (exact) mass is 537 g/mol. The highest BCUT2D eigenvalue weighted by Crippen LogP contribution is 2.35. The van der Waals surface area contributed by atoms with Crippen molar-refractivity contribution in [3.8, 4) is 23.5 Å². The van der Waals surface area contributed by atoms with Crippen molar-refractivity contribution in [2.75, 3.05) is 50.6 Å². The van der Waals surface area contributed by atoms with E-state index in [1.165, 1.54) is 25.8 Å². The van der Waals surface area contributed by atoms with Crippen LogP contribution >= 0.6 is 0 Å². The lowest BCUT2D eigenvalue weighted by Gasteiger charge is -2.48. The van der Waals surface area contributed by atoms with Crippen molar-refractivity contribution in [1.82, 2.24) is 14.9 Å². The Balaban J connectivity index is 1.23. The SMILES string of the molecule is COc1nc(N2CC(N3CCC3)C2)nc(OC)c1NC(=O)Cc1ccc(Oc2cccc([Si](C)(C)C)c2)o1. The number of hydrogen-bond donors (Lipinski definition) is 1. The molecule has 3 aromatic rings. The molecule has 2 aliphatic rings. The van der Waals surface area contributed by atoms with Crippen LogP contribution in [0.2, 0.25) is 19.6 Å². The van der Waals surface area contributed by atoms with Crippen molar-refractivity contribution >= 4 is 30.8 Å². The smallest absolute Gasteiger partial charge is 0.290 e. The third-order valence-electron chi connectivity index (χ3n) is 6.92. The van der Waals surface area contributed by atoms with Crippen LogP contribution in [0.15, 0.2) is 40.8 Å². The molecule has 2 aliphatic heterocycles. The van der Waals surface area contributed by atoms with Crippen LogP contribution in [0.25, 0.3) is 0 Å². The van der Waals surface area contributed by atoms with Gasteiger partial charge in [-0.25, -0.2) is 0 Å². The Bertz CT molecular complexity index is 1270. The fourth-order valence-electron chi connectivity index (χ4n) is 4.50. The van der Waals surface area contributed by atoms with E-state index >= 15 is 0 Å². The molecule has 2 saturated heterocycles. The summed E-state index contributed by atoms with van der Waals surface area (Å²) in [5, 5.41) is 4.12. The minimum atomic E-state index is -1.47. The van der Waals surface area contributed by atoms with E-state index in [-0.39, 0.29) is 29.8 Å². The average Bonchev–Trinajstić information content (AvgIpc) is 3.25. The molecule has 0 aliphatic carbocycles. The molecule has 10 nitrogen and oxygen atoms in total. The molecular weight excluding hydrogens is 502 g/mol. The van der Waals surface area contributed by atoms with E-state index in [9.17, 15) is 4.79 Å². The molecule has 0 bridgehead atoms. The second-order valence-electron chi connectivity index (χ2n) is 10.7. The standard InChI is InChI=1S/C27H35N5O5Si/c1-34-25-24(26(35-2)30-27(29-25)32-16-18(17-32)31-12-7-13-31)28-22(33)15-20-10-11-23(37-20)36-19-8-6-9-21(14-19)38(3,4)5/h6,8-11,14,18H,7,12-13,15-17H2,1-5H3,(H,28,33). The normalized spacial score (nSPS) is 16.0. The van der Waals surface area contributed by atoms with E-state index in [1.807, 2.05) is 12.1 Å². The maximum absolute atomic E-state index is 12.9. The Hall–Kier alpha value is -3.57. The zero-order chi connectivity index (χ0) is 26.9. The number of ether oxygens (including phenoxy) is 3. The molecular formula is C27H35N5O5Si. The molecule has 38 heavy (non-hydrogen) atoms. The first-order chi connectivity index (χ1) is 18.2. The predicted octanol–water partition coefficient (Wildman–Crippen LogP) is 3.50. The minimum Gasteiger partial charge on any atom is -0.479 e. The van der Waals surface area contributed by atoms with Crippen molar-refractivity contribution in [1.29, 1.82) is 0 Å². The molecule has 4 heterocycles. The minimum absolute atomic E-state index is 0.00396. The molecule has 1 amide bonds. The summed E-state index contributed by atoms with van der Waals surface area (Å²) in [4.78, 5) is 26.5. The third kappa shape index (κ3) is 5.63. The number of carbonyl (C=O) groups is 1. The van der Waals surface area contributed by atoms with Crippen LogP contribution in [-0.2, 0) is 11.2 Å². The van der Waals surface area contributed by atoms with Gasteiger partial charge in [-0.05, 0) is 37.7 Å². The number of anilines is 2. The van der Waals surface area contributed by atoms with Crippen molar-refractivity contribution in [2.45, 2.75) is 38.5 Å². The highest BCUT2D eigenvalue weighted by Gasteiger charge is 2.36. The van der Waals surface area contributed by atoms with Gasteiger partial charge in [-0.1, -0.05) is 37.0 Å². The van der Waals surface area contributed by atoms with Crippen molar-refractivity contribution in [3.63, 3.8) is 0 Å². The Kier molecular flexibility index (Phi) is 7.31. The molecule has 202 valence electrons. The van der Waals surface area contributed by atoms with Gasteiger partial charge in [-0.15, -0.1) is 0 Å². The van der Waals surface area contributed by atoms with E-state index in [4.69, 9.17) is 18.6 Å². The first kappa shape index (κ1) is 26.1. The maximum atomic E-state index is 12.9. The quantitative estimate of drug-likeness (QED) is 0.389. The first-order valence-electron chi connectivity index (χ1n) is 12.9. The van der Waals surface area contributed by atoms with Crippen LogP contribution < -0.4 is 29.6 Å². The Labute approximate surface area is 223 Å². The molecule has 1 aromatic carbocycles. The van der Waals surface area contributed by atoms with Crippen LogP contribution in [0.3, 0.4) is 0 Å². The lowest BCUT2D eigenvalue weighted by atomic mass is 10.0. The number of furan rings is 1. The van der Waals surface area contributed by atoms with Crippen LogP contribution in [0.4, 0.5) is 11.6 Å². The number of hydrogen-bond acceptors (Lipinski definition) is 9. The van der Waals surface area contributed by atoms with Gasteiger partial charge < -0.3 is 28.8 Å². The number of rotatable bonds is 10. The van der Waals surface area contributed by atoms with Crippen molar-refractivity contribution < 1.29 is 23.4 Å². The molecule has 0 saturated carbocycles. The van der Waals surface area contributed by atoms with Crippen LogP contribution in [0.5, 0.6) is 23.5 Å². The van der Waals surface area contributed by atoms with Gasteiger partial charge in [0, 0.05) is 25.2 Å². The summed E-state index contributed by atoms with van der Waals surface area (Å²) in [5.74, 6) is 2.21. The largest absolute Gasteiger partial charge is 0.479 e. The van der Waals surface area contributed by atoms with Gasteiger partial charge in [-0.3, -0.25) is 9.69 Å². The van der Waals surface area contributed by atoms with Gasteiger partial charge >= 0.3 is 0 Å². The summed E-state index contributed by atoms with van der Waals surface area (Å²) < 4.78 is 22.7. The number of methoxy groups -OCH3 is 2. The summed E-state index contributed by atoms with van der Waals surface area (Å²) >= 11 is 0. The molecule has 2 fully saturated rings. The summed E-state index contributed by atoms with van der Waals surface area (Å²) in [6, 6.07) is 12.0. The molecule has 0 radical (unpaired) electrons. The van der Waals surface area contributed by atoms with Crippen LogP contribution in [0.1, 0.15) is 12.2 Å². The lowest BCUT2D eigenvalue weighted by molar-refractivity contribution is -0.115. The first-order valence-corrected chi connectivity index (χ1v) is 16.4. The fourth-order valence-corrected chi connectivity index (χ4v) is 5.67. The number of carbonyl (C=O) groups excluding carboxylic acids is 1. The molecule has 0 unspecified atom stereocenters. The summed E-state index contributed by atoms with van der Waals surface area (Å²) in [7, 11) is 1.55. The predicted molar refractivity (Wildman–Crippen MR) is 148 cm³/mol. The van der Waals surface area contributed by atoms with E-state index in [2.05, 4.69) is 56.9 Å². The number of benzene rings is 1. The van der Waals surface area contributed by atoms with Gasteiger partial charge in [0.15, 0.2) is 5.69 Å². The fraction of sp³-hybridized carbons (Fsp3) is 0.444. The number of nitrogens with zero attached hydrogens (tertiary/aromatic N) is 4. The van der Waals surface area contributed by atoms with Gasteiger partial charge in [-0.2, -0.15) is 9.97 Å². The topological polar surface area (TPSA) is 102 Å². The Morgan fingerprint density at radius 1 is 1.08 bits per heavy atom. The molecule has 5 rings (SSSR count). The van der Waals surface area contributed by atoms with Gasteiger partial charge in [0.25, 0.3) is 5.95 Å². The third-order valence-corrected chi connectivity index (χ3v) is 8.97. The molecule has 11 heteroatoms. The Morgan fingerprint density at radius 2 is 1.79 bits per heavy atom. The van der Waals surface area contributed by atoms with E-state index in [0.717, 1.165) is 26.2 Å². The molecule has 1 N–H and O–H groups in total. The number of aromatic nitrogens is 2. The lowest BCUT2D eigenvalue weighted by Crippen LogP contribution is -2.63. The second-order valence-corrected chi connectivity index (χ2v) is 15.8. The number of nitrogens with one attached hydrogen (secondary N) is 1. The zero-order valence-electron chi connectivity index (χ0n) is 22.6. The summed E-state index contributed by atoms with van der Waals surface area (Å²) in [6.45, 7) is 10.9. The van der Waals surface area contributed by atoms with E-state index < -0.39 is 8.07 Å². The van der Waals surface area contributed by atoms with Crippen molar-refractivity contribution in [2.24, 2.45) is 0 Å².